The third kappa shape index (κ3) is 3.22. The van der Waals surface area contributed by atoms with Crippen molar-refractivity contribution in [1.82, 2.24) is 0 Å². The van der Waals surface area contributed by atoms with Gasteiger partial charge < -0.3 is 9.84 Å². The fourth-order valence-electron chi connectivity index (χ4n) is 1.25. The largest absolute Gasteiger partial charge is 0.497 e. The highest BCUT2D eigenvalue weighted by Crippen LogP contribution is 2.24. The summed E-state index contributed by atoms with van der Waals surface area (Å²) < 4.78 is 6.02. The summed E-state index contributed by atoms with van der Waals surface area (Å²) in [6, 6.07) is 7.63. The van der Waals surface area contributed by atoms with E-state index in [9.17, 15) is 0 Å². The standard InChI is InChI=1S/C11H12BrNO2/c1-15-10-2-3-11(12)9(5-10)4-8(6-13)7-14/h2-3,5,8,14H,4,7H2,1H3. The molecule has 4 heteroatoms. The number of hydrogen-bond acceptors (Lipinski definition) is 3. The van der Waals surface area contributed by atoms with Crippen LogP contribution in [0.2, 0.25) is 0 Å². The van der Waals surface area contributed by atoms with Gasteiger partial charge in [0.15, 0.2) is 0 Å². The highest BCUT2D eigenvalue weighted by atomic mass is 79.9. The van der Waals surface area contributed by atoms with E-state index in [1.807, 2.05) is 18.2 Å². The highest BCUT2D eigenvalue weighted by molar-refractivity contribution is 9.10. The molecule has 0 aliphatic carbocycles. The van der Waals surface area contributed by atoms with Gasteiger partial charge in [-0.05, 0) is 30.2 Å². The predicted octanol–water partition coefficient (Wildman–Crippen LogP) is 2.13. The minimum atomic E-state index is -0.367. The number of ether oxygens (including phenoxy) is 1. The Balaban J connectivity index is 2.88. The maximum absolute atomic E-state index is 8.94. The SMILES string of the molecule is COc1ccc(Br)c(CC(C#N)CO)c1. The van der Waals surface area contributed by atoms with Crippen LogP contribution in [0.3, 0.4) is 0 Å². The van der Waals surface area contributed by atoms with Crippen molar-refractivity contribution in [3.63, 3.8) is 0 Å². The number of aliphatic hydroxyl groups is 1. The quantitative estimate of drug-likeness (QED) is 0.911. The molecule has 1 aromatic carbocycles. The fraction of sp³-hybridized carbons (Fsp3) is 0.364. The van der Waals surface area contributed by atoms with Crippen molar-refractivity contribution in [3.8, 4) is 11.8 Å². The van der Waals surface area contributed by atoms with E-state index >= 15 is 0 Å². The van der Waals surface area contributed by atoms with Crippen molar-refractivity contribution < 1.29 is 9.84 Å². The molecule has 0 aliphatic rings. The van der Waals surface area contributed by atoms with E-state index in [2.05, 4.69) is 22.0 Å². The summed E-state index contributed by atoms with van der Waals surface area (Å²) in [6.45, 7) is -0.125. The Labute approximate surface area is 97.4 Å². The van der Waals surface area contributed by atoms with Crippen LogP contribution in [0, 0.1) is 17.2 Å². The number of rotatable bonds is 4. The number of nitriles is 1. The van der Waals surface area contributed by atoms with Crippen molar-refractivity contribution in [3.05, 3.63) is 28.2 Å². The Kier molecular flexibility index (Phi) is 4.60. The third-order valence-electron chi connectivity index (χ3n) is 2.12. The van der Waals surface area contributed by atoms with Crippen LogP contribution in [0.4, 0.5) is 0 Å². The van der Waals surface area contributed by atoms with Crippen LogP contribution < -0.4 is 4.74 Å². The molecule has 0 heterocycles. The van der Waals surface area contributed by atoms with Crippen LogP contribution in [0.25, 0.3) is 0 Å². The van der Waals surface area contributed by atoms with Crippen molar-refractivity contribution in [2.75, 3.05) is 13.7 Å². The minimum Gasteiger partial charge on any atom is -0.497 e. The predicted molar refractivity (Wildman–Crippen MR) is 60.6 cm³/mol. The molecule has 0 saturated heterocycles. The lowest BCUT2D eigenvalue weighted by atomic mass is 10.0. The van der Waals surface area contributed by atoms with Crippen LogP contribution in [-0.4, -0.2) is 18.8 Å². The van der Waals surface area contributed by atoms with Gasteiger partial charge in [-0.25, -0.2) is 0 Å². The first-order valence-electron chi connectivity index (χ1n) is 4.54. The topological polar surface area (TPSA) is 53.2 Å². The van der Waals surface area contributed by atoms with E-state index in [0.717, 1.165) is 15.8 Å². The number of aliphatic hydroxyl groups excluding tert-OH is 1. The average molecular weight is 270 g/mol. The monoisotopic (exact) mass is 269 g/mol. The zero-order valence-electron chi connectivity index (χ0n) is 8.40. The molecule has 0 radical (unpaired) electrons. The molecule has 0 aliphatic heterocycles. The number of benzene rings is 1. The van der Waals surface area contributed by atoms with Crippen LogP contribution in [0.5, 0.6) is 5.75 Å². The maximum Gasteiger partial charge on any atom is 0.119 e. The van der Waals surface area contributed by atoms with E-state index in [4.69, 9.17) is 15.1 Å². The molecule has 3 nitrogen and oxygen atoms in total. The molecule has 1 aromatic rings. The van der Waals surface area contributed by atoms with Crippen molar-refractivity contribution >= 4 is 15.9 Å². The molecule has 0 saturated carbocycles. The highest BCUT2D eigenvalue weighted by Gasteiger charge is 2.10. The molecule has 0 fully saturated rings. The molecular weight excluding hydrogens is 258 g/mol. The van der Waals surface area contributed by atoms with Crippen molar-refractivity contribution in [1.29, 1.82) is 5.26 Å². The first-order chi connectivity index (χ1) is 7.21. The molecule has 1 N–H and O–H groups in total. The Morgan fingerprint density at radius 1 is 1.60 bits per heavy atom. The van der Waals surface area contributed by atoms with E-state index < -0.39 is 0 Å². The summed E-state index contributed by atoms with van der Waals surface area (Å²) in [5, 5.41) is 17.7. The molecule has 1 unspecified atom stereocenters. The molecule has 0 spiro atoms. The minimum absolute atomic E-state index is 0.125. The summed E-state index contributed by atoms with van der Waals surface area (Å²) in [5.41, 5.74) is 0.968. The van der Waals surface area contributed by atoms with Gasteiger partial charge in [0.2, 0.25) is 0 Å². The number of methoxy groups -OCH3 is 1. The lowest BCUT2D eigenvalue weighted by Gasteiger charge is -2.09. The Hall–Kier alpha value is -1.05. The van der Waals surface area contributed by atoms with Gasteiger partial charge in [0.05, 0.1) is 25.7 Å². The Bertz CT molecular complexity index is 373. The van der Waals surface area contributed by atoms with Gasteiger partial charge in [-0.1, -0.05) is 15.9 Å². The third-order valence-corrected chi connectivity index (χ3v) is 2.90. The first kappa shape index (κ1) is 12.0. The van der Waals surface area contributed by atoms with Gasteiger partial charge in [-0.2, -0.15) is 5.26 Å². The molecule has 1 rings (SSSR count). The second kappa shape index (κ2) is 5.74. The summed E-state index contributed by atoms with van der Waals surface area (Å²) >= 11 is 3.40. The summed E-state index contributed by atoms with van der Waals surface area (Å²) in [4.78, 5) is 0. The van der Waals surface area contributed by atoms with Gasteiger partial charge in [-0.15, -0.1) is 0 Å². The summed E-state index contributed by atoms with van der Waals surface area (Å²) in [6.07, 6.45) is 0.519. The van der Waals surface area contributed by atoms with Gasteiger partial charge in [0, 0.05) is 4.47 Å². The second-order valence-corrected chi connectivity index (χ2v) is 4.02. The van der Waals surface area contributed by atoms with E-state index in [-0.39, 0.29) is 12.5 Å². The average Bonchev–Trinajstić information content (AvgIpc) is 2.28. The number of nitrogens with zero attached hydrogens (tertiary/aromatic N) is 1. The van der Waals surface area contributed by atoms with Crippen LogP contribution >= 0.6 is 15.9 Å². The van der Waals surface area contributed by atoms with E-state index in [0.29, 0.717) is 6.42 Å². The first-order valence-corrected chi connectivity index (χ1v) is 5.33. The molecule has 0 aromatic heterocycles. The zero-order chi connectivity index (χ0) is 11.3. The lowest BCUT2D eigenvalue weighted by molar-refractivity contribution is 0.255. The molecule has 0 amide bonds. The lowest BCUT2D eigenvalue weighted by Crippen LogP contribution is -2.07. The van der Waals surface area contributed by atoms with Gasteiger partial charge >= 0.3 is 0 Å². The van der Waals surface area contributed by atoms with Gasteiger partial charge in [-0.3, -0.25) is 0 Å². The molecule has 1 atom stereocenters. The van der Waals surface area contributed by atoms with Crippen LogP contribution in [-0.2, 0) is 6.42 Å². The van der Waals surface area contributed by atoms with Crippen LogP contribution in [0.1, 0.15) is 5.56 Å². The van der Waals surface area contributed by atoms with Crippen molar-refractivity contribution in [2.24, 2.45) is 5.92 Å². The Morgan fingerprint density at radius 3 is 2.87 bits per heavy atom. The summed E-state index contributed by atoms with van der Waals surface area (Å²) in [5.74, 6) is 0.385. The number of halogens is 1. The normalized spacial score (nSPS) is 11.9. The maximum atomic E-state index is 8.94. The van der Waals surface area contributed by atoms with E-state index in [1.54, 1.807) is 7.11 Å². The van der Waals surface area contributed by atoms with Crippen LogP contribution in [0.15, 0.2) is 22.7 Å². The fourth-order valence-corrected chi connectivity index (χ4v) is 1.66. The molecule has 80 valence electrons. The summed E-state index contributed by atoms with van der Waals surface area (Å²) in [7, 11) is 1.60. The van der Waals surface area contributed by atoms with Crippen molar-refractivity contribution in [2.45, 2.75) is 6.42 Å². The smallest absolute Gasteiger partial charge is 0.119 e. The van der Waals surface area contributed by atoms with Gasteiger partial charge in [0.25, 0.3) is 0 Å². The number of hydrogen-bond donors (Lipinski definition) is 1. The second-order valence-electron chi connectivity index (χ2n) is 3.17. The molecule has 15 heavy (non-hydrogen) atoms. The zero-order valence-corrected chi connectivity index (χ0v) is 9.99. The Morgan fingerprint density at radius 2 is 2.33 bits per heavy atom. The van der Waals surface area contributed by atoms with E-state index in [1.165, 1.54) is 0 Å². The van der Waals surface area contributed by atoms with Gasteiger partial charge in [0.1, 0.15) is 5.75 Å². The molecule has 0 bridgehead atoms. The molecular formula is C11H12BrNO2.